The molecule has 0 aliphatic rings. The minimum Gasteiger partial charge on any atom is -0.506 e. The summed E-state index contributed by atoms with van der Waals surface area (Å²) in [5, 5.41) is 19.8. The fraction of sp³-hybridized carbons (Fsp3) is 0.273. The van der Waals surface area contributed by atoms with Gasteiger partial charge in [-0.15, -0.1) is 11.3 Å². The Morgan fingerprint density at radius 2 is 1.84 bits per heavy atom. The minimum absolute atomic E-state index is 0.0573. The van der Waals surface area contributed by atoms with Gasteiger partial charge in [0.25, 0.3) is 0 Å². The van der Waals surface area contributed by atoms with Crippen LogP contribution in [0.15, 0.2) is 22.2 Å². The van der Waals surface area contributed by atoms with Crippen molar-refractivity contribution in [2.24, 2.45) is 0 Å². The van der Waals surface area contributed by atoms with E-state index in [0.29, 0.717) is 24.0 Å². The molecule has 0 bridgehead atoms. The molecule has 32 heavy (non-hydrogen) atoms. The number of thiophene rings is 1. The number of hydrogen-bond acceptors (Lipinski definition) is 8. The van der Waals surface area contributed by atoms with E-state index in [0.717, 1.165) is 11.3 Å². The number of halogens is 2. The maximum atomic E-state index is 12.9. The number of phenols is 1. The van der Waals surface area contributed by atoms with E-state index in [1.54, 1.807) is 32.9 Å². The first kappa shape index (κ1) is 26.0. The molecule has 0 saturated carbocycles. The monoisotopic (exact) mass is 631 g/mol. The third-order valence-corrected chi connectivity index (χ3v) is 6.81. The summed E-state index contributed by atoms with van der Waals surface area (Å²) >= 11 is 6.23. The summed E-state index contributed by atoms with van der Waals surface area (Å²) in [6, 6.07) is 5.13. The van der Waals surface area contributed by atoms with Crippen LogP contribution >= 0.6 is 49.9 Å². The van der Waals surface area contributed by atoms with Gasteiger partial charge in [0.1, 0.15) is 16.7 Å². The highest BCUT2D eigenvalue weighted by molar-refractivity contribution is 14.1. The van der Waals surface area contributed by atoms with Crippen molar-refractivity contribution in [3.8, 4) is 11.8 Å². The van der Waals surface area contributed by atoms with Crippen LogP contribution in [-0.2, 0) is 20.7 Å². The van der Waals surface area contributed by atoms with Crippen molar-refractivity contribution in [1.82, 2.24) is 0 Å². The second kappa shape index (κ2) is 11.6. The number of nitrogens with zero attached hydrogens (tertiary/aromatic N) is 1. The number of rotatable bonds is 8. The third-order valence-electron chi connectivity index (χ3n) is 4.26. The zero-order chi connectivity index (χ0) is 24.0. The molecular weight excluding hydrogens is 613 g/mol. The Morgan fingerprint density at radius 1 is 1.22 bits per heavy atom. The molecule has 10 heteroatoms. The van der Waals surface area contributed by atoms with Crippen LogP contribution in [0.4, 0.5) is 0 Å². The minimum atomic E-state index is -0.652. The smallest absolute Gasteiger partial charge is 0.348 e. The van der Waals surface area contributed by atoms with Gasteiger partial charge in [0, 0.05) is 21.3 Å². The SMILES string of the molecule is CCOC(=O)c1sc(CC(=O)C(C#N)=Cc2cc(Br)cc(I)c2O)c(C(=O)OCC)c1C. The average molecular weight is 632 g/mol. The zero-order valence-electron chi connectivity index (χ0n) is 17.5. The van der Waals surface area contributed by atoms with Crippen LogP contribution in [0.2, 0.25) is 0 Å². The molecule has 1 aromatic heterocycles. The molecule has 0 aliphatic heterocycles. The summed E-state index contributed by atoms with van der Waals surface area (Å²) in [4.78, 5) is 38.2. The largest absolute Gasteiger partial charge is 0.506 e. The van der Waals surface area contributed by atoms with E-state index < -0.39 is 17.7 Å². The molecule has 7 nitrogen and oxygen atoms in total. The predicted molar refractivity (Wildman–Crippen MR) is 132 cm³/mol. The summed E-state index contributed by atoms with van der Waals surface area (Å²) in [7, 11) is 0. The van der Waals surface area contributed by atoms with Crippen LogP contribution < -0.4 is 0 Å². The molecule has 1 aromatic carbocycles. The lowest BCUT2D eigenvalue weighted by Gasteiger charge is -2.06. The highest BCUT2D eigenvalue weighted by atomic mass is 127. The normalized spacial score (nSPS) is 11.1. The number of phenolic OH excluding ortho intramolecular Hbond substituents is 1. The van der Waals surface area contributed by atoms with Gasteiger partial charge in [-0.1, -0.05) is 15.9 Å². The first-order valence-corrected chi connectivity index (χ1v) is 12.1. The van der Waals surface area contributed by atoms with Crippen molar-refractivity contribution in [2.75, 3.05) is 13.2 Å². The van der Waals surface area contributed by atoms with Gasteiger partial charge in [-0.2, -0.15) is 5.26 Å². The number of benzene rings is 1. The summed E-state index contributed by atoms with van der Waals surface area (Å²) in [6.45, 7) is 5.19. The summed E-state index contributed by atoms with van der Waals surface area (Å²) in [6.07, 6.45) is 1.01. The molecule has 1 N–H and O–H groups in total. The van der Waals surface area contributed by atoms with E-state index in [1.165, 1.54) is 6.08 Å². The molecule has 0 fully saturated rings. The number of carbonyl (C=O) groups is 3. The molecular formula is C22H19BrINO6S. The van der Waals surface area contributed by atoms with Crippen LogP contribution in [0.25, 0.3) is 6.08 Å². The lowest BCUT2D eigenvalue weighted by Crippen LogP contribution is -2.12. The third kappa shape index (κ3) is 5.96. The Labute approximate surface area is 211 Å². The second-order valence-electron chi connectivity index (χ2n) is 6.39. The maximum Gasteiger partial charge on any atom is 0.348 e. The Bertz CT molecular complexity index is 1150. The molecule has 168 valence electrons. The van der Waals surface area contributed by atoms with Crippen LogP contribution in [0.5, 0.6) is 5.75 Å². The molecule has 2 aromatic rings. The number of esters is 2. The van der Waals surface area contributed by atoms with Crippen LogP contribution in [0, 0.1) is 21.8 Å². The number of carbonyl (C=O) groups excluding carboxylic acids is 3. The van der Waals surface area contributed by atoms with Gasteiger partial charge in [-0.05, 0) is 67.1 Å². The first-order chi connectivity index (χ1) is 15.1. The van der Waals surface area contributed by atoms with Gasteiger partial charge >= 0.3 is 11.9 Å². The summed E-state index contributed by atoms with van der Waals surface area (Å²) < 4.78 is 11.4. The maximum absolute atomic E-state index is 12.9. The van der Waals surface area contributed by atoms with E-state index in [1.807, 2.05) is 28.7 Å². The number of hydrogen-bond donors (Lipinski definition) is 1. The molecule has 1 heterocycles. The van der Waals surface area contributed by atoms with Crippen molar-refractivity contribution >= 4 is 73.7 Å². The van der Waals surface area contributed by atoms with Crippen molar-refractivity contribution in [3.63, 3.8) is 0 Å². The highest BCUT2D eigenvalue weighted by Crippen LogP contribution is 2.33. The Balaban J connectivity index is 2.49. The molecule has 0 atom stereocenters. The Hall–Kier alpha value is -2.23. The van der Waals surface area contributed by atoms with Crippen LogP contribution in [0.1, 0.15) is 49.9 Å². The number of nitriles is 1. The van der Waals surface area contributed by atoms with Gasteiger partial charge in [0.15, 0.2) is 5.78 Å². The van der Waals surface area contributed by atoms with E-state index in [-0.39, 0.29) is 41.4 Å². The number of ether oxygens (including phenoxy) is 2. The quantitative estimate of drug-likeness (QED) is 0.184. The molecule has 0 amide bonds. The zero-order valence-corrected chi connectivity index (χ0v) is 22.0. The van der Waals surface area contributed by atoms with Crippen molar-refractivity contribution in [2.45, 2.75) is 27.2 Å². The fourth-order valence-electron chi connectivity index (χ4n) is 2.83. The van der Waals surface area contributed by atoms with Crippen LogP contribution in [-0.4, -0.2) is 36.0 Å². The van der Waals surface area contributed by atoms with E-state index in [2.05, 4.69) is 15.9 Å². The fourth-order valence-corrected chi connectivity index (χ4v) is 5.56. The molecule has 0 spiro atoms. The van der Waals surface area contributed by atoms with E-state index in [9.17, 15) is 24.8 Å². The number of aromatic hydroxyl groups is 1. The standard InChI is InChI=1S/C22H19BrINO6S/c1-4-30-21(28)18-11(3)20(22(29)31-5-2)32-17(18)9-16(26)13(10-25)6-12-7-14(23)8-15(24)19(12)27/h6-8,27H,4-5,9H2,1-3H3. The summed E-state index contributed by atoms with van der Waals surface area (Å²) in [5.41, 5.74) is 0.600. The average Bonchev–Trinajstić information content (AvgIpc) is 3.05. The molecule has 0 saturated heterocycles. The lowest BCUT2D eigenvalue weighted by atomic mass is 10.0. The molecule has 2 rings (SSSR count). The summed E-state index contributed by atoms with van der Waals surface area (Å²) in [5.74, 6) is -1.87. The van der Waals surface area contributed by atoms with E-state index >= 15 is 0 Å². The van der Waals surface area contributed by atoms with Gasteiger partial charge in [-0.25, -0.2) is 9.59 Å². The topological polar surface area (TPSA) is 114 Å². The first-order valence-electron chi connectivity index (χ1n) is 9.43. The Morgan fingerprint density at radius 3 is 2.44 bits per heavy atom. The second-order valence-corrected chi connectivity index (χ2v) is 9.57. The van der Waals surface area contributed by atoms with Crippen molar-refractivity contribution in [3.05, 3.63) is 52.2 Å². The number of allylic oxidation sites excluding steroid dienone is 1. The van der Waals surface area contributed by atoms with Crippen molar-refractivity contribution in [1.29, 1.82) is 5.26 Å². The highest BCUT2D eigenvalue weighted by Gasteiger charge is 2.28. The van der Waals surface area contributed by atoms with Gasteiger partial charge in [0.2, 0.25) is 0 Å². The van der Waals surface area contributed by atoms with Crippen molar-refractivity contribution < 1.29 is 29.0 Å². The lowest BCUT2D eigenvalue weighted by molar-refractivity contribution is -0.114. The predicted octanol–water partition coefficient (Wildman–Crippen LogP) is 5.20. The van der Waals surface area contributed by atoms with Gasteiger partial charge in [0.05, 0.1) is 27.9 Å². The van der Waals surface area contributed by atoms with Gasteiger partial charge in [-0.3, -0.25) is 4.79 Å². The molecule has 0 unspecified atom stereocenters. The molecule has 0 radical (unpaired) electrons. The number of Topliss-reactive ketones (excluding diaryl/α,β-unsaturated/α-hetero) is 1. The van der Waals surface area contributed by atoms with Crippen LogP contribution in [0.3, 0.4) is 0 Å². The molecule has 0 aliphatic carbocycles. The van der Waals surface area contributed by atoms with E-state index in [4.69, 9.17) is 9.47 Å². The van der Waals surface area contributed by atoms with Gasteiger partial charge < -0.3 is 14.6 Å². The number of ketones is 1. The Kier molecular flexibility index (Phi) is 9.42.